The predicted molar refractivity (Wildman–Crippen MR) is 81.5 cm³/mol. The van der Waals surface area contributed by atoms with E-state index in [-0.39, 0.29) is 17.7 Å². The largest absolute Gasteiger partial charge is 0.396 e. The molecule has 0 aromatic heterocycles. The zero-order chi connectivity index (χ0) is 15.2. The monoisotopic (exact) mass is 294 g/mol. The lowest BCUT2D eigenvalue weighted by Crippen LogP contribution is -2.31. The minimum atomic E-state index is -0.528. The van der Waals surface area contributed by atoms with Crippen LogP contribution >= 0.6 is 0 Å². The molecule has 1 aliphatic rings. The lowest BCUT2D eigenvalue weighted by atomic mass is 10.1. The molecule has 1 saturated carbocycles. The minimum Gasteiger partial charge on any atom is -0.396 e. The van der Waals surface area contributed by atoms with E-state index in [1.54, 1.807) is 6.92 Å². The fourth-order valence-electron chi connectivity index (χ4n) is 2.59. The van der Waals surface area contributed by atoms with E-state index in [0.717, 1.165) is 25.7 Å². The Morgan fingerprint density at radius 2 is 2.00 bits per heavy atom. The maximum Gasteiger partial charge on any atom is 0.253 e. The molecule has 0 radical (unpaired) electrons. The number of amides is 1. The number of hydrogen-bond acceptors (Lipinski definition) is 3. The molecule has 0 heterocycles. The summed E-state index contributed by atoms with van der Waals surface area (Å²) in [5.41, 5.74) is 5.98. The lowest BCUT2D eigenvalue weighted by molar-refractivity contribution is -0.130. The molecule has 1 unspecified atom stereocenters. The highest BCUT2D eigenvalue weighted by molar-refractivity contribution is 5.94. The van der Waals surface area contributed by atoms with Crippen molar-refractivity contribution in [1.29, 1.82) is 0 Å². The zero-order valence-corrected chi connectivity index (χ0v) is 12.4. The molecular formula is C16H23FN2O2. The zero-order valence-electron chi connectivity index (χ0n) is 12.4. The van der Waals surface area contributed by atoms with E-state index < -0.39 is 11.9 Å². The van der Waals surface area contributed by atoms with E-state index in [9.17, 15) is 9.18 Å². The summed E-state index contributed by atoms with van der Waals surface area (Å²) < 4.78 is 18.9. The Kier molecular flexibility index (Phi) is 5.56. The number of carbonyl (C=O) groups excluding carboxylic acids is 1. The summed E-state index contributed by atoms with van der Waals surface area (Å²) in [6.45, 7) is 1.74. The van der Waals surface area contributed by atoms with Crippen molar-refractivity contribution in [2.75, 3.05) is 11.1 Å². The summed E-state index contributed by atoms with van der Waals surface area (Å²) in [6.07, 6.45) is 6.47. The summed E-state index contributed by atoms with van der Waals surface area (Å²) in [6, 6.07) is 4.13. The van der Waals surface area contributed by atoms with Crippen LogP contribution in [-0.4, -0.2) is 18.1 Å². The fourth-order valence-corrected chi connectivity index (χ4v) is 2.59. The van der Waals surface area contributed by atoms with Crippen LogP contribution in [0.15, 0.2) is 18.2 Å². The molecule has 0 spiro atoms. The van der Waals surface area contributed by atoms with Crippen molar-refractivity contribution < 1.29 is 13.9 Å². The highest BCUT2D eigenvalue weighted by Crippen LogP contribution is 2.22. The number of hydrogen-bond donors (Lipinski definition) is 2. The number of nitrogen functional groups attached to an aromatic ring is 1. The molecule has 0 saturated heterocycles. The normalized spacial score (nSPS) is 18.0. The highest BCUT2D eigenvalue weighted by Gasteiger charge is 2.20. The number of halogens is 1. The van der Waals surface area contributed by atoms with Gasteiger partial charge in [-0.1, -0.05) is 25.7 Å². The first-order valence-corrected chi connectivity index (χ1v) is 7.57. The van der Waals surface area contributed by atoms with Gasteiger partial charge in [-0.05, 0) is 38.0 Å². The van der Waals surface area contributed by atoms with Crippen molar-refractivity contribution in [3.05, 3.63) is 24.0 Å². The molecule has 116 valence electrons. The van der Waals surface area contributed by atoms with Gasteiger partial charge < -0.3 is 15.8 Å². The molecule has 1 fully saturated rings. The standard InChI is InChI=1S/C16H23FN2O2/c1-11(21-13-6-4-2-3-5-7-13)16(20)19-12-8-9-14(17)15(18)10-12/h8-11,13H,2-7,18H2,1H3,(H,19,20). The Morgan fingerprint density at radius 1 is 1.33 bits per heavy atom. The molecule has 1 atom stereocenters. The van der Waals surface area contributed by atoms with Crippen LogP contribution in [0.4, 0.5) is 15.8 Å². The van der Waals surface area contributed by atoms with Crippen molar-refractivity contribution in [2.24, 2.45) is 0 Å². The molecule has 1 aromatic rings. The molecule has 1 amide bonds. The number of benzene rings is 1. The Labute approximate surface area is 124 Å². The second kappa shape index (κ2) is 7.41. The topological polar surface area (TPSA) is 64.3 Å². The van der Waals surface area contributed by atoms with Crippen molar-refractivity contribution in [2.45, 2.75) is 57.7 Å². The third-order valence-corrected chi connectivity index (χ3v) is 3.83. The highest BCUT2D eigenvalue weighted by atomic mass is 19.1. The van der Waals surface area contributed by atoms with Gasteiger partial charge in [0, 0.05) is 5.69 Å². The average Bonchev–Trinajstić information content (AvgIpc) is 2.71. The van der Waals surface area contributed by atoms with E-state index >= 15 is 0 Å². The van der Waals surface area contributed by atoms with E-state index in [2.05, 4.69) is 5.32 Å². The Balaban J connectivity index is 1.87. The molecule has 3 N–H and O–H groups in total. The van der Waals surface area contributed by atoms with Crippen LogP contribution in [0.2, 0.25) is 0 Å². The fraction of sp³-hybridized carbons (Fsp3) is 0.562. The van der Waals surface area contributed by atoms with Crippen LogP contribution in [-0.2, 0) is 9.53 Å². The first-order valence-electron chi connectivity index (χ1n) is 7.57. The van der Waals surface area contributed by atoms with Gasteiger partial charge in [0.1, 0.15) is 11.9 Å². The number of nitrogens with one attached hydrogen (secondary N) is 1. The summed E-state index contributed by atoms with van der Waals surface area (Å²) in [7, 11) is 0. The van der Waals surface area contributed by atoms with Crippen LogP contribution in [0.25, 0.3) is 0 Å². The predicted octanol–water partition coefficient (Wildman–Crippen LogP) is 3.47. The van der Waals surface area contributed by atoms with Crippen LogP contribution in [0.1, 0.15) is 45.4 Å². The molecular weight excluding hydrogens is 271 g/mol. The SMILES string of the molecule is CC(OC1CCCCCC1)C(=O)Nc1ccc(F)c(N)c1. The molecule has 2 rings (SSSR count). The van der Waals surface area contributed by atoms with Crippen molar-refractivity contribution in [3.63, 3.8) is 0 Å². The second-order valence-electron chi connectivity index (χ2n) is 5.62. The maximum absolute atomic E-state index is 13.1. The van der Waals surface area contributed by atoms with Crippen molar-refractivity contribution >= 4 is 17.3 Å². The Morgan fingerprint density at radius 3 is 2.62 bits per heavy atom. The quantitative estimate of drug-likeness (QED) is 0.660. The second-order valence-corrected chi connectivity index (χ2v) is 5.62. The minimum absolute atomic E-state index is 0.0186. The van der Waals surface area contributed by atoms with Gasteiger partial charge in [-0.2, -0.15) is 0 Å². The number of rotatable bonds is 4. The van der Waals surface area contributed by atoms with E-state index in [1.807, 2.05) is 0 Å². The van der Waals surface area contributed by atoms with Crippen LogP contribution in [0.3, 0.4) is 0 Å². The van der Waals surface area contributed by atoms with Crippen LogP contribution in [0, 0.1) is 5.82 Å². The summed E-state index contributed by atoms with van der Waals surface area (Å²) in [4.78, 5) is 12.1. The number of nitrogens with two attached hydrogens (primary N) is 1. The van der Waals surface area contributed by atoms with E-state index in [4.69, 9.17) is 10.5 Å². The summed E-state index contributed by atoms with van der Waals surface area (Å²) >= 11 is 0. The van der Waals surface area contributed by atoms with Crippen molar-refractivity contribution in [1.82, 2.24) is 0 Å². The molecule has 0 bridgehead atoms. The van der Waals surface area contributed by atoms with Crippen LogP contribution < -0.4 is 11.1 Å². The molecule has 0 aliphatic heterocycles. The molecule has 5 heteroatoms. The lowest BCUT2D eigenvalue weighted by Gasteiger charge is -2.20. The maximum atomic E-state index is 13.1. The molecule has 21 heavy (non-hydrogen) atoms. The van der Waals surface area contributed by atoms with Gasteiger partial charge in [-0.15, -0.1) is 0 Å². The number of carbonyl (C=O) groups is 1. The Hall–Kier alpha value is -1.62. The van der Waals surface area contributed by atoms with Gasteiger partial charge in [0.2, 0.25) is 0 Å². The third kappa shape index (κ3) is 4.70. The number of ether oxygens (including phenoxy) is 1. The molecule has 1 aromatic carbocycles. The smallest absolute Gasteiger partial charge is 0.253 e. The molecule has 4 nitrogen and oxygen atoms in total. The molecule has 1 aliphatic carbocycles. The van der Waals surface area contributed by atoms with E-state index in [1.165, 1.54) is 31.0 Å². The third-order valence-electron chi connectivity index (χ3n) is 3.83. The van der Waals surface area contributed by atoms with E-state index in [0.29, 0.717) is 5.69 Å². The van der Waals surface area contributed by atoms with Gasteiger partial charge in [-0.3, -0.25) is 4.79 Å². The Bertz CT molecular complexity index is 485. The average molecular weight is 294 g/mol. The van der Waals surface area contributed by atoms with Crippen molar-refractivity contribution in [3.8, 4) is 0 Å². The number of anilines is 2. The first-order chi connectivity index (χ1) is 10.1. The van der Waals surface area contributed by atoms with Gasteiger partial charge in [0.05, 0.1) is 11.8 Å². The summed E-state index contributed by atoms with van der Waals surface area (Å²) in [5, 5.41) is 2.70. The van der Waals surface area contributed by atoms with Gasteiger partial charge in [0.25, 0.3) is 5.91 Å². The van der Waals surface area contributed by atoms with Gasteiger partial charge >= 0.3 is 0 Å². The van der Waals surface area contributed by atoms with Crippen LogP contribution in [0.5, 0.6) is 0 Å². The first kappa shape index (κ1) is 15.8. The van der Waals surface area contributed by atoms with Gasteiger partial charge in [0.15, 0.2) is 0 Å². The van der Waals surface area contributed by atoms with Gasteiger partial charge in [-0.25, -0.2) is 4.39 Å². The summed E-state index contributed by atoms with van der Waals surface area (Å²) in [5.74, 6) is -0.721.